The van der Waals surface area contributed by atoms with Crippen LogP contribution in [-0.4, -0.2) is 35.0 Å². The molecule has 0 atom stereocenters. The fourth-order valence-corrected chi connectivity index (χ4v) is 4.96. The van der Waals surface area contributed by atoms with Crippen molar-refractivity contribution in [2.45, 2.75) is 26.9 Å². The number of hydrogen-bond donors (Lipinski definition) is 2. The van der Waals surface area contributed by atoms with Gasteiger partial charge >= 0.3 is 0 Å². The maximum absolute atomic E-state index is 13.2. The second-order valence-corrected chi connectivity index (χ2v) is 9.89. The van der Waals surface area contributed by atoms with Crippen LogP contribution in [0.25, 0.3) is 10.9 Å². The Morgan fingerprint density at radius 2 is 1.66 bits per heavy atom. The third-order valence-corrected chi connectivity index (χ3v) is 7.03. The predicted octanol–water partition coefficient (Wildman–Crippen LogP) is 5.04. The normalized spacial score (nSPS) is 13.4. The summed E-state index contributed by atoms with van der Waals surface area (Å²) < 4.78 is 22.4. The fraction of sp³-hybridized carbons (Fsp3) is 0.241. The van der Waals surface area contributed by atoms with Gasteiger partial charge in [-0.05, 0) is 67.5 Å². The average molecular weight is 530 g/mol. The first-order valence-corrected chi connectivity index (χ1v) is 12.8. The van der Waals surface area contributed by atoms with Gasteiger partial charge in [-0.1, -0.05) is 23.8 Å². The highest BCUT2D eigenvalue weighted by molar-refractivity contribution is 7.80. The molecule has 1 aromatic heterocycles. The van der Waals surface area contributed by atoms with Crippen molar-refractivity contribution in [2.24, 2.45) is 0 Å². The van der Waals surface area contributed by atoms with E-state index in [1.165, 1.54) is 5.56 Å². The number of H-pyrrole nitrogens is 1. The molecule has 2 aliphatic rings. The van der Waals surface area contributed by atoms with Crippen LogP contribution in [-0.2, 0) is 13.1 Å². The predicted molar refractivity (Wildman–Crippen MR) is 150 cm³/mol. The highest BCUT2D eigenvalue weighted by atomic mass is 32.1. The minimum atomic E-state index is -0.181. The summed E-state index contributed by atoms with van der Waals surface area (Å²) in [5.41, 5.74) is 5.27. The Bertz CT molecular complexity index is 1620. The van der Waals surface area contributed by atoms with Crippen molar-refractivity contribution in [3.63, 3.8) is 0 Å². The number of nitrogens with one attached hydrogen (secondary N) is 2. The van der Waals surface area contributed by atoms with Crippen molar-refractivity contribution in [2.75, 3.05) is 25.3 Å². The molecule has 3 aromatic carbocycles. The van der Waals surface area contributed by atoms with Gasteiger partial charge in [0.15, 0.2) is 28.1 Å². The molecule has 4 aromatic rings. The lowest BCUT2D eigenvalue weighted by Crippen LogP contribution is -2.35. The molecule has 0 fully saturated rings. The third kappa shape index (κ3) is 4.84. The van der Waals surface area contributed by atoms with Crippen molar-refractivity contribution < 1.29 is 18.9 Å². The van der Waals surface area contributed by atoms with E-state index >= 15 is 0 Å². The minimum absolute atomic E-state index is 0.181. The second kappa shape index (κ2) is 9.90. The molecule has 194 valence electrons. The van der Waals surface area contributed by atoms with Gasteiger partial charge in [-0.25, -0.2) is 0 Å². The smallest absolute Gasteiger partial charge is 0.253 e. The molecule has 0 bridgehead atoms. The zero-order valence-electron chi connectivity index (χ0n) is 21.1. The van der Waals surface area contributed by atoms with Gasteiger partial charge in [0.05, 0.1) is 12.1 Å². The van der Waals surface area contributed by atoms with Crippen LogP contribution < -0.4 is 29.8 Å². The number of hydrogen-bond acceptors (Lipinski definition) is 6. The first-order chi connectivity index (χ1) is 18.4. The van der Waals surface area contributed by atoms with Crippen molar-refractivity contribution in [1.82, 2.24) is 9.88 Å². The first-order valence-electron chi connectivity index (χ1n) is 12.4. The van der Waals surface area contributed by atoms with Gasteiger partial charge < -0.3 is 34.1 Å². The highest BCUT2D eigenvalue weighted by Gasteiger charge is 2.19. The van der Waals surface area contributed by atoms with E-state index in [9.17, 15) is 4.79 Å². The van der Waals surface area contributed by atoms with Crippen LogP contribution >= 0.6 is 12.2 Å². The second-order valence-electron chi connectivity index (χ2n) is 9.50. The highest BCUT2D eigenvalue weighted by Crippen LogP contribution is 2.35. The molecule has 2 N–H and O–H groups in total. The Morgan fingerprint density at radius 1 is 0.895 bits per heavy atom. The molecule has 2 aliphatic heterocycles. The average Bonchev–Trinajstić information content (AvgIpc) is 3.37. The van der Waals surface area contributed by atoms with Crippen LogP contribution in [0.2, 0.25) is 0 Å². The largest absolute Gasteiger partial charge is 0.486 e. The van der Waals surface area contributed by atoms with Gasteiger partial charge in [0, 0.05) is 29.2 Å². The fourth-order valence-electron chi connectivity index (χ4n) is 4.72. The van der Waals surface area contributed by atoms with Gasteiger partial charge in [-0.15, -0.1) is 0 Å². The molecule has 3 heterocycles. The number of benzene rings is 3. The van der Waals surface area contributed by atoms with E-state index in [0.29, 0.717) is 59.7 Å². The van der Waals surface area contributed by atoms with Crippen molar-refractivity contribution in [1.29, 1.82) is 0 Å². The van der Waals surface area contributed by atoms with Gasteiger partial charge in [0.25, 0.3) is 5.56 Å². The SMILES string of the molecule is Cc1ccc(NC(=S)N(Cc2ccc3c(c2)OCO3)Cc2cc3cc4c(cc3[nH]c2=O)OCCO4)c(C)c1. The molecular weight excluding hydrogens is 502 g/mol. The molecule has 6 rings (SSSR count). The molecule has 0 saturated heterocycles. The first kappa shape index (κ1) is 24.1. The molecular formula is C29H27N3O5S. The van der Waals surface area contributed by atoms with Crippen molar-refractivity contribution in [3.05, 3.63) is 87.2 Å². The summed E-state index contributed by atoms with van der Waals surface area (Å²) in [5.74, 6) is 2.73. The summed E-state index contributed by atoms with van der Waals surface area (Å²) in [6.07, 6.45) is 0. The van der Waals surface area contributed by atoms with Gasteiger partial charge in [0.1, 0.15) is 13.2 Å². The summed E-state index contributed by atoms with van der Waals surface area (Å²) in [6.45, 7) is 6.05. The molecule has 8 nitrogen and oxygen atoms in total. The number of nitrogens with zero attached hydrogens (tertiary/aromatic N) is 1. The monoisotopic (exact) mass is 529 g/mol. The van der Waals surface area contributed by atoms with Crippen LogP contribution in [0.4, 0.5) is 5.69 Å². The molecule has 0 unspecified atom stereocenters. The lowest BCUT2D eigenvalue weighted by molar-refractivity contribution is 0.172. The van der Waals surface area contributed by atoms with E-state index in [1.54, 1.807) is 0 Å². The van der Waals surface area contributed by atoms with E-state index in [-0.39, 0.29) is 12.4 Å². The molecule has 9 heteroatoms. The summed E-state index contributed by atoms with van der Waals surface area (Å²) in [7, 11) is 0. The lowest BCUT2D eigenvalue weighted by atomic mass is 10.1. The Morgan fingerprint density at radius 3 is 2.47 bits per heavy atom. The van der Waals surface area contributed by atoms with E-state index < -0.39 is 0 Å². The van der Waals surface area contributed by atoms with E-state index in [0.717, 1.165) is 28.0 Å². The topological polar surface area (TPSA) is 85.1 Å². The van der Waals surface area contributed by atoms with Crippen molar-refractivity contribution >= 4 is 33.9 Å². The van der Waals surface area contributed by atoms with Crippen molar-refractivity contribution in [3.8, 4) is 23.0 Å². The Kier molecular flexibility index (Phi) is 6.29. The van der Waals surface area contributed by atoms with Gasteiger partial charge in [0.2, 0.25) is 6.79 Å². The van der Waals surface area contributed by atoms with E-state index in [1.807, 2.05) is 60.4 Å². The summed E-state index contributed by atoms with van der Waals surface area (Å²) >= 11 is 5.88. The molecule has 0 saturated carbocycles. The molecule has 0 radical (unpaired) electrons. The Hall–Kier alpha value is -4.24. The quantitative estimate of drug-likeness (QED) is 0.348. The number of ether oxygens (including phenoxy) is 4. The Labute approximate surface area is 225 Å². The van der Waals surface area contributed by atoms with Gasteiger partial charge in [-0.3, -0.25) is 4.79 Å². The maximum atomic E-state index is 13.2. The number of aromatic amines is 1. The number of rotatable bonds is 5. The van der Waals surface area contributed by atoms with Crippen LogP contribution in [0, 0.1) is 13.8 Å². The number of aryl methyl sites for hydroxylation is 2. The van der Waals surface area contributed by atoms with E-state index in [2.05, 4.69) is 23.3 Å². The maximum Gasteiger partial charge on any atom is 0.253 e. The molecule has 0 amide bonds. The number of pyridine rings is 1. The number of thiocarbonyl (C=S) groups is 1. The number of fused-ring (bicyclic) bond motifs is 3. The third-order valence-electron chi connectivity index (χ3n) is 6.67. The Balaban J connectivity index is 1.33. The minimum Gasteiger partial charge on any atom is -0.486 e. The van der Waals surface area contributed by atoms with Crippen LogP contribution in [0.15, 0.2) is 59.4 Å². The van der Waals surface area contributed by atoms with Crippen LogP contribution in [0.1, 0.15) is 22.3 Å². The molecule has 0 spiro atoms. The summed E-state index contributed by atoms with van der Waals surface area (Å²) in [6, 6.07) is 17.6. The number of aromatic nitrogens is 1. The zero-order valence-corrected chi connectivity index (χ0v) is 21.9. The van der Waals surface area contributed by atoms with Crippen LogP contribution in [0.3, 0.4) is 0 Å². The number of anilines is 1. The molecule has 0 aliphatic carbocycles. The van der Waals surface area contributed by atoms with Crippen LogP contribution in [0.5, 0.6) is 23.0 Å². The van der Waals surface area contributed by atoms with Gasteiger partial charge in [-0.2, -0.15) is 0 Å². The summed E-state index contributed by atoms with van der Waals surface area (Å²) in [5, 5.41) is 4.75. The lowest BCUT2D eigenvalue weighted by Gasteiger charge is -2.27. The standard InChI is InChI=1S/C29H27N3O5S/c1-17-3-5-22(18(2)9-17)31-29(38)32(14-19-4-6-24-25(10-19)37-16-36-24)15-21-11-20-12-26-27(35-8-7-34-26)13-23(20)30-28(21)33/h3-6,9-13H,7-8,14-16H2,1-2H3,(H,30,33)(H,31,38). The summed E-state index contributed by atoms with van der Waals surface area (Å²) in [4.78, 5) is 18.1. The van der Waals surface area contributed by atoms with E-state index in [4.69, 9.17) is 31.2 Å². The zero-order chi connectivity index (χ0) is 26.2. The molecule has 38 heavy (non-hydrogen) atoms.